The zero-order chi connectivity index (χ0) is 13.1. The Bertz CT molecular complexity index is 610. The molecule has 90 valence electrons. The molecule has 0 N–H and O–H groups in total. The van der Waals surface area contributed by atoms with Crippen LogP contribution in [0.3, 0.4) is 0 Å². The summed E-state index contributed by atoms with van der Waals surface area (Å²) in [6, 6.07) is 10.3. The van der Waals surface area contributed by atoms with Crippen LogP contribution in [0.5, 0.6) is 0 Å². The van der Waals surface area contributed by atoms with Crippen LogP contribution in [0.4, 0.5) is 0 Å². The van der Waals surface area contributed by atoms with Crippen molar-refractivity contribution in [3.8, 4) is 6.07 Å². The summed E-state index contributed by atoms with van der Waals surface area (Å²) < 4.78 is 1.53. The van der Waals surface area contributed by atoms with Crippen molar-refractivity contribution in [2.24, 2.45) is 7.05 Å². The molecular weight excluding hydrogens is 250 g/mol. The molecule has 0 aliphatic rings. The van der Waals surface area contributed by atoms with E-state index in [0.717, 1.165) is 0 Å². The summed E-state index contributed by atoms with van der Waals surface area (Å²) in [6.07, 6.45) is 1.67. The maximum atomic E-state index is 12.1. The van der Waals surface area contributed by atoms with Crippen molar-refractivity contribution in [2.45, 2.75) is 5.92 Å². The van der Waals surface area contributed by atoms with Crippen molar-refractivity contribution in [1.82, 2.24) is 9.78 Å². The van der Waals surface area contributed by atoms with Crippen LogP contribution >= 0.6 is 11.6 Å². The van der Waals surface area contributed by atoms with Crippen LogP contribution in [0.1, 0.15) is 22.0 Å². The molecule has 18 heavy (non-hydrogen) atoms. The number of Topliss-reactive ketones (excluding diaryl/α,β-unsaturated/α-hetero) is 1. The number of ketones is 1. The molecule has 1 aromatic heterocycles. The first-order chi connectivity index (χ1) is 8.61. The first kappa shape index (κ1) is 12.3. The van der Waals surface area contributed by atoms with E-state index in [2.05, 4.69) is 5.10 Å². The Morgan fingerprint density at radius 2 is 2.06 bits per heavy atom. The van der Waals surface area contributed by atoms with Crippen molar-refractivity contribution >= 4 is 17.4 Å². The molecule has 2 rings (SSSR count). The van der Waals surface area contributed by atoms with Gasteiger partial charge in [-0.15, -0.1) is 0 Å². The van der Waals surface area contributed by atoms with Gasteiger partial charge in [0.2, 0.25) is 5.78 Å². The number of carbonyl (C=O) groups excluding carboxylic acids is 1. The van der Waals surface area contributed by atoms with Gasteiger partial charge in [-0.05, 0) is 23.8 Å². The predicted molar refractivity (Wildman–Crippen MR) is 67.3 cm³/mol. The number of nitrogens with zero attached hydrogens (tertiary/aromatic N) is 3. The van der Waals surface area contributed by atoms with E-state index in [1.165, 1.54) is 4.68 Å². The van der Waals surface area contributed by atoms with Crippen molar-refractivity contribution in [2.75, 3.05) is 0 Å². The second-order valence-electron chi connectivity index (χ2n) is 3.85. The van der Waals surface area contributed by atoms with Crippen LogP contribution in [0.15, 0.2) is 36.5 Å². The standard InChI is InChI=1S/C13H10ClN3O/c1-17-7-6-12(16-17)13(18)11(8-15)9-2-4-10(14)5-3-9/h2-7,11H,1H3. The number of rotatable bonds is 3. The molecule has 0 fully saturated rings. The number of halogens is 1. The third kappa shape index (κ3) is 2.41. The van der Waals surface area contributed by atoms with E-state index in [1.54, 1.807) is 43.6 Å². The molecular formula is C13H10ClN3O. The van der Waals surface area contributed by atoms with Gasteiger partial charge in [0.05, 0.1) is 6.07 Å². The second-order valence-corrected chi connectivity index (χ2v) is 4.29. The quantitative estimate of drug-likeness (QED) is 0.796. The van der Waals surface area contributed by atoms with Gasteiger partial charge >= 0.3 is 0 Å². The molecule has 0 bridgehead atoms. The Labute approximate surface area is 109 Å². The van der Waals surface area contributed by atoms with Crippen molar-refractivity contribution in [3.63, 3.8) is 0 Å². The highest BCUT2D eigenvalue weighted by atomic mass is 35.5. The summed E-state index contributed by atoms with van der Waals surface area (Å²) >= 11 is 5.78. The van der Waals surface area contributed by atoms with Gasteiger partial charge in [-0.1, -0.05) is 23.7 Å². The van der Waals surface area contributed by atoms with E-state index < -0.39 is 5.92 Å². The largest absolute Gasteiger partial charge is 0.290 e. The smallest absolute Gasteiger partial charge is 0.204 e. The first-order valence-electron chi connectivity index (χ1n) is 5.31. The molecule has 1 aromatic carbocycles. The minimum Gasteiger partial charge on any atom is -0.290 e. The van der Waals surface area contributed by atoms with Crippen LogP contribution in [0, 0.1) is 11.3 Å². The molecule has 2 aromatic rings. The zero-order valence-corrected chi connectivity index (χ0v) is 10.4. The van der Waals surface area contributed by atoms with E-state index in [1.807, 2.05) is 6.07 Å². The maximum Gasteiger partial charge on any atom is 0.204 e. The maximum absolute atomic E-state index is 12.1. The Morgan fingerprint density at radius 3 is 2.56 bits per heavy atom. The molecule has 1 atom stereocenters. The van der Waals surface area contributed by atoms with Gasteiger partial charge < -0.3 is 0 Å². The monoisotopic (exact) mass is 259 g/mol. The van der Waals surface area contributed by atoms with Crippen molar-refractivity contribution in [1.29, 1.82) is 5.26 Å². The van der Waals surface area contributed by atoms with E-state index in [9.17, 15) is 4.79 Å². The third-order valence-corrected chi connectivity index (χ3v) is 2.81. The normalized spacial score (nSPS) is 11.8. The molecule has 0 aliphatic carbocycles. The Kier molecular flexibility index (Phi) is 3.45. The molecule has 0 saturated carbocycles. The molecule has 0 amide bonds. The van der Waals surface area contributed by atoms with Crippen LogP contribution in [-0.4, -0.2) is 15.6 Å². The van der Waals surface area contributed by atoms with Crippen LogP contribution in [0.25, 0.3) is 0 Å². The average molecular weight is 260 g/mol. The average Bonchev–Trinajstić information content (AvgIpc) is 2.79. The predicted octanol–water partition coefficient (Wildman–Crippen LogP) is 2.56. The van der Waals surface area contributed by atoms with E-state index in [-0.39, 0.29) is 5.78 Å². The summed E-state index contributed by atoms with van der Waals surface area (Å²) in [5.74, 6) is -1.16. The summed E-state index contributed by atoms with van der Waals surface area (Å²) in [5, 5.41) is 13.7. The van der Waals surface area contributed by atoms with E-state index >= 15 is 0 Å². The number of hydrogen-bond donors (Lipinski definition) is 0. The lowest BCUT2D eigenvalue weighted by atomic mass is 9.94. The first-order valence-corrected chi connectivity index (χ1v) is 5.68. The van der Waals surface area contributed by atoms with E-state index in [4.69, 9.17) is 16.9 Å². The highest BCUT2D eigenvalue weighted by Gasteiger charge is 2.23. The van der Waals surface area contributed by atoms with Crippen molar-refractivity contribution in [3.05, 3.63) is 52.8 Å². The Morgan fingerprint density at radius 1 is 1.39 bits per heavy atom. The molecule has 0 aliphatic heterocycles. The summed E-state index contributed by atoms with van der Waals surface area (Å²) in [7, 11) is 1.72. The molecule has 5 heteroatoms. The highest BCUT2D eigenvalue weighted by Crippen LogP contribution is 2.21. The molecule has 1 heterocycles. The van der Waals surface area contributed by atoms with E-state index in [0.29, 0.717) is 16.3 Å². The topological polar surface area (TPSA) is 58.7 Å². The number of carbonyl (C=O) groups is 1. The molecule has 0 spiro atoms. The van der Waals surface area contributed by atoms with Gasteiger partial charge in [0, 0.05) is 18.3 Å². The van der Waals surface area contributed by atoms with Gasteiger partial charge in [-0.3, -0.25) is 9.48 Å². The van der Waals surface area contributed by atoms with Crippen LogP contribution < -0.4 is 0 Å². The van der Waals surface area contributed by atoms with Gasteiger partial charge in [-0.25, -0.2) is 0 Å². The lowest BCUT2D eigenvalue weighted by Gasteiger charge is -2.06. The fraction of sp³-hybridized carbons (Fsp3) is 0.154. The molecule has 0 radical (unpaired) electrons. The summed E-state index contributed by atoms with van der Waals surface area (Å²) in [5.41, 5.74) is 0.913. The third-order valence-electron chi connectivity index (χ3n) is 2.56. The van der Waals surface area contributed by atoms with Gasteiger partial charge in [0.1, 0.15) is 11.6 Å². The Hall–Kier alpha value is -2.12. The minimum absolute atomic E-state index is 0.291. The number of hydrogen-bond acceptors (Lipinski definition) is 3. The zero-order valence-electron chi connectivity index (χ0n) is 9.67. The number of aromatic nitrogens is 2. The highest BCUT2D eigenvalue weighted by molar-refractivity contribution is 6.30. The van der Waals surface area contributed by atoms with Gasteiger partial charge in [0.25, 0.3) is 0 Å². The van der Waals surface area contributed by atoms with Crippen molar-refractivity contribution < 1.29 is 4.79 Å². The molecule has 0 saturated heterocycles. The summed E-state index contributed by atoms with van der Waals surface area (Å²) in [4.78, 5) is 12.1. The SMILES string of the molecule is Cn1ccc(C(=O)C(C#N)c2ccc(Cl)cc2)n1. The van der Waals surface area contributed by atoms with Crippen LogP contribution in [0.2, 0.25) is 5.02 Å². The second kappa shape index (κ2) is 5.03. The number of aryl methyl sites for hydroxylation is 1. The number of nitriles is 1. The lowest BCUT2D eigenvalue weighted by molar-refractivity contribution is 0.0973. The van der Waals surface area contributed by atoms with Gasteiger partial charge in [0.15, 0.2) is 0 Å². The molecule has 1 unspecified atom stereocenters. The fourth-order valence-electron chi connectivity index (χ4n) is 1.63. The summed E-state index contributed by atoms with van der Waals surface area (Å²) in [6.45, 7) is 0. The van der Waals surface area contributed by atoms with Gasteiger partial charge in [-0.2, -0.15) is 10.4 Å². The van der Waals surface area contributed by atoms with Crippen LogP contribution in [-0.2, 0) is 7.05 Å². The fourth-order valence-corrected chi connectivity index (χ4v) is 1.76. The lowest BCUT2D eigenvalue weighted by Crippen LogP contribution is -2.12. The Balaban J connectivity index is 2.32. The number of benzene rings is 1. The minimum atomic E-state index is -0.850. The molecule has 4 nitrogen and oxygen atoms in total.